The summed E-state index contributed by atoms with van der Waals surface area (Å²) < 4.78 is 15.5. The topological polar surface area (TPSA) is 78.7 Å². The molecule has 1 fully saturated rings. The van der Waals surface area contributed by atoms with Crippen LogP contribution in [0.2, 0.25) is 5.02 Å². The highest BCUT2D eigenvalue weighted by Gasteiger charge is 2.25. The number of anilines is 1. The van der Waals surface area contributed by atoms with E-state index in [0.29, 0.717) is 59.5 Å². The van der Waals surface area contributed by atoms with Crippen LogP contribution in [0.3, 0.4) is 0 Å². The normalized spacial score (nSPS) is 13.9. The summed E-state index contributed by atoms with van der Waals surface area (Å²) >= 11 is 6.01. The number of carbonyl (C=O) groups is 1. The molecule has 1 amide bonds. The third-order valence-corrected chi connectivity index (χ3v) is 6.30. The van der Waals surface area contributed by atoms with Crippen molar-refractivity contribution < 1.29 is 14.3 Å². The first-order chi connectivity index (χ1) is 16.4. The molecule has 1 saturated heterocycles. The molecule has 1 N–H and O–H groups in total. The molecule has 0 radical (unpaired) electrons. The van der Waals surface area contributed by atoms with E-state index in [1.54, 1.807) is 54.3 Å². The second kappa shape index (κ2) is 10.4. The first-order valence-electron chi connectivity index (χ1n) is 11.1. The zero-order chi connectivity index (χ0) is 24.2. The van der Waals surface area contributed by atoms with Crippen LogP contribution in [0.1, 0.15) is 11.3 Å². The molecule has 1 aliphatic heterocycles. The zero-order valence-corrected chi connectivity index (χ0v) is 19.6. The number of piperazine rings is 1. The third-order valence-electron chi connectivity index (χ3n) is 6.05. The maximum Gasteiger partial charge on any atom is 0.257 e. The van der Waals surface area contributed by atoms with Crippen LogP contribution in [0.5, 0.6) is 0 Å². The van der Waals surface area contributed by atoms with E-state index in [4.69, 9.17) is 11.6 Å². The number of halogens is 2. The highest BCUT2D eigenvalue weighted by Crippen LogP contribution is 2.22. The Labute approximate surface area is 202 Å². The molecule has 0 unspecified atom stereocenters. The molecule has 9 heteroatoms. The predicted molar refractivity (Wildman–Crippen MR) is 130 cm³/mol. The zero-order valence-electron chi connectivity index (χ0n) is 18.9. The van der Waals surface area contributed by atoms with Crippen molar-refractivity contribution in [3.8, 4) is 11.4 Å². The van der Waals surface area contributed by atoms with Gasteiger partial charge in [-0.15, -0.1) is 0 Å². The summed E-state index contributed by atoms with van der Waals surface area (Å²) in [6, 6.07) is 13.5. The smallest absolute Gasteiger partial charge is 0.257 e. The van der Waals surface area contributed by atoms with Gasteiger partial charge in [-0.2, -0.15) is 0 Å². The molecule has 0 spiro atoms. The number of aliphatic hydroxyl groups excluding tert-OH is 1. The maximum atomic E-state index is 14.1. The second-order valence-electron chi connectivity index (χ2n) is 8.19. The van der Waals surface area contributed by atoms with Crippen LogP contribution in [-0.4, -0.2) is 58.3 Å². The van der Waals surface area contributed by atoms with Gasteiger partial charge in [0.2, 0.25) is 5.91 Å². The Balaban J connectivity index is 1.58. The Kier molecular flexibility index (Phi) is 7.29. The lowest BCUT2D eigenvalue weighted by molar-refractivity contribution is -0.132. The molecule has 0 atom stereocenters. The molecule has 3 aromatic rings. The van der Waals surface area contributed by atoms with Gasteiger partial charge in [0.1, 0.15) is 18.2 Å². The number of carbonyl (C=O) groups excluding carboxylic acids is 1. The summed E-state index contributed by atoms with van der Waals surface area (Å²) in [5.74, 6) is -0.131. The third kappa shape index (κ3) is 4.98. The van der Waals surface area contributed by atoms with Gasteiger partial charge < -0.3 is 14.9 Å². The van der Waals surface area contributed by atoms with Gasteiger partial charge in [0.15, 0.2) is 0 Å². The number of benzene rings is 2. The van der Waals surface area contributed by atoms with E-state index < -0.39 is 0 Å². The Hall–Kier alpha value is -3.23. The first-order valence-corrected chi connectivity index (χ1v) is 11.5. The Morgan fingerprint density at radius 2 is 1.76 bits per heavy atom. The van der Waals surface area contributed by atoms with Crippen LogP contribution >= 0.6 is 11.6 Å². The van der Waals surface area contributed by atoms with E-state index in [-0.39, 0.29) is 36.9 Å². The van der Waals surface area contributed by atoms with Gasteiger partial charge >= 0.3 is 0 Å². The largest absolute Gasteiger partial charge is 0.396 e. The number of aromatic nitrogens is 2. The van der Waals surface area contributed by atoms with Crippen LogP contribution in [0.15, 0.2) is 53.3 Å². The Bertz CT molecular complexity index is 1240. The molecule has 0 bridgehead atoms. The second-order valence-corrected chi connectivity index (χ2v) is 8.63. The summed E-state index contributed by atoms with van der Waals surface area (Å²) in [7, 11) is 0. The summed E-state index contributed by atoms with van der Waals surface area (Å²) in [5.41, 5.74) is 1.75. The van der Waals surface area contributed by atoms with E-state index in [2.05, 4.69) is 4.98 Å². The minimum Gasteiger partial charge on any atom is -0.396 e. The van der Waals surface area contributed by atoms with Crippen molar-refractivity contribution in [3.63, 3.8) is 0 Å². The van der Waals surface area contributed by atoms with E-state index in [9.17, 15) is 19.1 Å². The standard InChI is InChI=1S/C25H26ClFN4O3/c1-17-20(10-15-32)25(34)31(24(28-17)18-6-8-19(26)9-7-18)16-23(33)30-13-11-29(12-14-30)22-5-3-2-4-21(22)27/h2-9,32H,10-16H2,1H3. The molecule has 2 aromatic carbocycles. The van der Waals surface area contributed by atoms with Gasteiger partial charge in [-0.25, -0.2) is 9.37 Å². The quantitative estimate of drug-likeness (QED) is 0.582. The number of hydrogen-bond donors (Lipinski definition) is 1. The molecule has 7 nitrogen and oxygen atoms in total. The van der Waals surface area contributed by atoms with E-state index >= 15 is 0 Å². The SMILES string of the molecule is Cc1nc(-c2ccc(Cl)cc2)n(CC(=O)N2CCN(c3ccccc3F)CC2)c(=O)c1CCO. The van der Waals surface area contributed by atoms with Crippen molar-refractivity contribution >= 4 is 23.2 Å². The van der Waals surface area contributed by atoms with Crippen molar-refractivity contribution in [2.45, 2.75) is 19.9 Å². The number of nitrogens with zero attached hydrogens (tertiary/aromatic N) is 4. The van der Waals surface area contributed by atoms with Gasteiger partial charge in [-0.05, 0) is 43.3 Å². The Morgan fingerprint density at radius 3 is 2.41 bits per heavy atom. The average molecular weight is 485 g/mol. The molecule has 2 heterocycles. The van der Waals surface area contributed by atoms with Crippen molar-refractivity contribution in [3.05, 3.63) is 81.0 Å². The summed E-state index contributed by atoms with van der Waals surface area (Å²) in [5, 5.41) is 9.95. The van der Waals surface area contributed by atoms with E-state index in [0.717, 1.165) is 0 Å². The lowest BCUT2D eigenvalue weighted by atomic mass is 10.1. The monoisotopic (exact) mass is 484 g/mol. The van der Waals surface area contributed by atoms with Crippen molar-refractivity contribution in [2.75, 3.05) is 37.7 Å². The number of amides is 1. The molecular weight excluding hydrogens is 459 g/mol. The maximum absolute atomic E-state index is 14.1. The fourth-order valence-corrected chi connectivity index (χ4v) is 4.33. The molecule has 178 valence electrons. The van der Waals surface area contributed by atoms with Crippen LogP contribution in [0.4, 0.5) is 10.1 Å². The van der Waals surface area contributed by atoms with E-state index in [1.165, 1.54) is 10.6 Å². The lowest BCUT2D eigenvalue weighted by Gasteiger charge is -2.36. The molecule has 4 rings (SSSR count). The van der Waals surface area contributed by atoms with Crippen LogP contribution in [0, 0.1) is 12.7 Å². The van der Waals surface area contributed by atoms with Gasteiger partial charge in [-0.1, -0.05) is 23.7 Å². The van der Waals surface area contributed by atoms with Gasteiger partial charge in [0.05, 0.1) is 5.69 Å². The van der Waals surface area contributed by atoms with Crippen molar-refractivity contribution in [1.29, 1.82) is 0 Å². The van der Waals surface area contributed by atoms with E-state index in [1.807, 2.05) is 4.90 Å². The minimum absolute atomic E-state index is 0.161. The van der Waals surface area contributed by atoms with Crippen molar-refractivity contribution in [1.82, 2.24) is 14.5 Å². The molecule has 34 heavy (non-hydrogen) atoms. The lowest BCUT2D eigenvalue weighted by Crippen LogP contribution is -2.50. The number of para-hydroxylation sites is 1. The fourth-order valence-electron chi connectivity index (χ4n) is 4.21. The van der Waals surface area contributed by atoms with Gasteiger partial charge in [0.25, 0.3) is 5.56 Å². The number of aryl methyl sites for hydroxylation is 1. The molecular formula is C25H26ClFN4O3. The molecule has 0 aliphatic carbocycles. The van der Waals surface area contributed by atoms with Crippen molar-refractivity contribution in [2.24, 2.45) is 0 Å². The molecule has 1 aromatic heterocycles. The number of rotatable bonds is 6. The fraction of sp³-hybridized carbons (Fsp3) is 0.320. The van der Waals surface area contributed by atoms with Crippen LogP contribution in [0.25, 0.3) is 11.4 Å². The highest BCUT2D eigenvalue weighted by molar-refractivity contribution is 6.30. The summed E-state index contributed by atoms with van der Waals surface area (Å²) in [6.45, 7) is 3.18. The summed E-state index contributed by atoms with van der Waals surface area (Å²) in [4.78, 5) is 34.7. The number of hydrogen-bond acceptors (Lipinski definition) is 5. The molecule has 1 aliphatic rings. The summed E-state index contributed by atoms with van der Waals surface area (Å²) in [6.07, 6.45) is 0.161. The van der Waals surface area contributed by atoms with Gasteiger partial charge in [0, 0.05) is 61.1 Å². The predicted octanol–water partition coefficient (Wildman–Crippen LogP) is 2.89. The molecule has 0 saturated carbocycles. The number of aliphatic hydroxyl groups is 1. The average Bonchev–Trinajstić information content (AvgIpc) is 2.84. The van der Waals surface area contributed by atoms with Gasteiger partial charge in [-0.3, -0.25) is 14.2 Å². The highest BCUT2D eigenvalue weighted by atomic mass is 35.5. The van der Waals surface area contributed by atoms with Crippen LogP contribution in [-0.2, 0) is 17.8 Å². The minimum atomic E-state index is -0.343. The first kappa shape index (κ1) is 23.9. The van der Waals surface area contributed by atoms with Crippen LogP contribution < -0.4 is 10.5 Å². The Morgan fingerprint density at radius 1 is 1.09 bits per heavy atom.